The highest BCUT2D eigenvalue weighted by molar-refractivity contribution is 7.80. The first-order valence-corrected chi connectivity index (χ1v) is 6.43. The Morgan fingerprint density at radius 2 is 2.21 bits per heavy atom. The summed E-state index contributed by atoms with van der Waals surface area (Å²) in [7, 11) is 0. The van der Waals surface area contributed by atoms with E-state index in [1.165, 1.54) is 12.1 Å². The van der Waals surface area contributed by atoms with Crippen LogP contribution in [0.5, 0.6) is 0 Å². The van der Waals surface area contributed by atoms with Crippen LogP contribution in [0.15, 0.2) is 30.5 Å². The maximum atomic E-state index is 13.0. The molecule has 2 rings (SSSR count). The van der Waals surface area contributed by atoms with Gasteiger partial charge < -0.3 is 10.6 Å². The zero-order valence-corrected chi connectivity index (χ0v) is 11.7. The molecule has 100 valence electrons. The van der Waals surface area contributed by atoms with Crippen LogP contribution in [0, 0.1) is 5.82 Å². The summed E-state index contributed by atoms with van der Waals surface area (Å²) in [6.07, 6.45) is 1.85. The Bertz CT molecular complexity index is 599. The first-order chi connectivity index (χ1) is 9.08. The van der Waals surface area contributed by atoms with E-state index in [2.05, 4.69) is 15.7 Å². The molecule has 19 heavy (non-hydrogen) atoms. The molecule has 0 atom stereocenters. The maximum Gasteiger partial charge on any atom is 0.176 e. The van der Waals surface area contributed by atoms with Gasteiger partial charge in [0.25, 0.3) is 0 Å². The highest BCUT2D eigenvalue weighted by Gasteiger charge is 2.04. The first-order valence-electron chi connectivity index (χ1n) is 5.65. The third-order valence-corrected chi connectivity index (χ3v) is 2.88. The van der Waals surface area contributed by atoms with Crippen LogP contribution in [0.2, 0.25) is 5.02 Å². The monoisotopic (exact) mass is 298 g/mol. The van der Waals surface area contributed by atoms with Crippen LogP contribution in [0.1, 0.15) is 6.92 Å². The quantitative estimate of drug-likeness (QED) is 0.851. The van der Waals surface area contributed by atoms with E-state index in [0.717, 1.165) is 6.54 Å². The van der Waals surface area contributed by atoms with Gasteiger partial charge in [0.15, 0.2) is 10.9 Å². The zero-order chi connectivity index (χ0) is 13.8. The number of benzene rings is 1. The topological polar surface area (TPSA) is 41.9 Å². The Morgan fingerprint density at radius 3 is 2.84 bits per heavy atom. The fourth-order valence-corrected chi connectivity index (χ4v) is 1.86. The number of halogens is 2. The summed E-state index contributed by atoms with van der Waals surface area (Å²) in [5.41, 5.74) is 0.610. The number of nitrogens with zero attached hydrogens (tertiary/aromatic N) is 2. The molecule has 7 heteroatoms. The van der Waals surface area contributed by atoms with E-state index in [1.807, 2.05) is 19.2 Å². The predicted octanol–water partition coefficient (Wildman–Crippen LogP) is 3.50. The molecule has 0 spiro atoms. The van der Waals surface area contributed by atoms with Crippen molar-refractivity contribution in [3.05, 3.63) is 41.3 Å². The molecule has 0 aliphatic rings. The van der Waals surface area contributed by atoms with Gasteiger partial charge in [-0.05, 0) is 37.3 Å². The lowest BCUT2D eigenvalue weighted by Gasteiger charge is -2.09. The van der Waals surface area contributed by atoms with Crippen molar-refractivity contribution in [2.75, 3.05) is 10.6 Å². The van der Waals surface area contributed by atoms with Gasteiger partial charge in [0.2, 0.25) is 0 Å². The lowest BCUT2D eigenvalue weighted by Crippen LogP contribution is -2.19. The molecule has 1 heterocycles. The van der Waals surface area contributed by atoms with Crippen LogP contribution in [0.4, 0.5) is 15.9 Å². The SMILES string of the molecule is CCn1ccc(NC(=S)Nc2ccc(F)c(Cl)c2)n1. The summed E-state index contributed by atoms with van der Waals surface area (Å²) in [6.45, 7) is 2.78. The van der Waals surface area contributed by atoms with Crippen molar-refractivity contribution in [3.8, 4) is 0 Å². The van der Waals surface area contributed by atoms with Gasteiger partial charge in [0.05, 0.1) is 5.02 Å². The number of hydrogen-bond donors (Lipinski definition) is 2. The molecule has 0 aliphatic carbocycles. The molecule has 0 fully saturated rings. The number of aromatic nitrogens is 2. The highest BCUT2D eigenvalue weighted by Crippen LogP contribution is 2.19. The van der Waals surface area contributed by atoms with Crippen molar-refractivity contribution in [1.29, 1.82) is 0 Å². The van der Waals surface area contributed by atoms with Crippen molar-refractivity contribution in [3.63, 3.8) is 0 Å². The summed E-state index contributed by atoms with van der Waals surface area (Å²) in [5.74, 6) is 0.181. The predicted molar refractivity (Wildman–Crippen MR) is 79.2 cm³/mol. The standard InChI is InChI=1S/C12H12ClFN4S/c1-2-18-6-5-11(17-18)16-12(19)15-8-3-4-10(14)9(13)7-8/h3-7H,2H2,1H3,(H2,15,16,17,19). The lowest BCUT2D eigenvalue weighted by atomic mass is 10.3. The molecule has 1 aromatic carbocycles. The molecule has 0 amide bonds. The molecule has 0 radical (unpaired) electrons. The average molecular weight is 299 g/mol. The Hall–Kier alpha value is -1.66. The van der Waals surface area contributed by atoms with Gasteiger partial charge in [-0.2, -0.15) is 5.10 Å². The Kier molecular flexibility index (Phi) is 4.34. The molecule has 0 aliphatic heterocycles. The van der Waals surface area contributed by atoms with E-state index >= 15 is 0 Å². The number of thiocarbonyl (C=S) groups is 1. The van der Waals surface area contributed by atoms with E-state index in [1.54, 1.807) is 10.7 Å². The fraction of sp³-hybridized carbons (Fsp3) is 0.167. The van der Waals surface area contributed by atoms with Crippen molar-refractivity contribution < 1.29 is 4.39 Å². The number of rotatable bonds is 3. The molecular formula is C12H12ClFN4S. The summed E-state index contributed by atoms with van der Waals surface area (Å²) in [6, 6.07) is 6.11. The molecule has 4 nitrogen and oxygen atoms in total. The summed E-state index contributed by atoms with van der Waals surface area (Å²) >= 11 is 10.8. The molecule has 0 saturated carbocycles. The molecule has 1 aromatic heterocycles. The second kappa shape index (κ2) is 5.99. The Balaban J connectivity index is 1.98. The van der Waals surface area contributed by atoms with Crippen LogP contribution in [-0.4, -0.2) is 14.9 Å². The molecular weight excluding hydrogens is 287 g/mol. The number of nitrogens with one attached hydrogen (secondary N) is 2. The van der Waals surface area contributed by atoms with Crippen molar-refractivity contribution >= 4 is 40.4 Å². The van der Waals surface area contributed by atoms with Crippen LogP contribution < -0.4 is 10.6 Å². The number of aryl methyl sites for hydroxylation is 1. The van der Waals surface area contributed by atoms with E-state index in [9.17, 15) is 4.39 Å². The normalized spacial score (nSPS) is 10.3. The third-order valence-electron chi connectivity index (χ3n) is 2.38. The van der Waals surface area contributed by atoms with E-state index in [0.29, 0.717) is 16.6 Å². The van der Waals surface area contributed by atoms with E-state index in [-0.39, 0.29) is 5.02 Å². The van der Waals surface area contributed by atoms with Gasteiger partial charge in [-0.15, -0.1) is 0 Å². The minimum absolute atomic E-state index is 0.0445. The molecule has 0 saturated heterocycles. The van der Waals surface area contributed by atoms with Crippen molar-refractivity contribution in [2.45, 2.75) is 13.5 Å². The van der Waals surface area contributed by atoms with Gasteiger partial charge in [-0.25, -0.2) is 4.39 Å². The van der Waals surface area contributed by atoms with Crippen LogP contribution in [-0.2, 0) is 6.54 Å². The lowest BCUT2D eigenvalue weighted by molar-refractivity contribution is 0.628. The molecule has 2 N–H and O–H groups in total. The molecule has 0 bridgehead atoms. The summed E-state index contributed by atoms with van der Waals surface area (Å²) in [4.78, 5) is 0. The van der Waals surface area contributed by atoms with Gasteiger partial charge in [-0.1, -0.05) is 11.6 Å². The third kappa shape index (κ3) is 3.65. The van der Waals surface area contributed by atoms with Crippen molar-refractivity contribution in [2.24, 2.45) is 0 Å². The Labute approximate surface area is 120 Å². The Morgan fingerprint density at radius 1 is 1.42 bits per heavy atom. The van der Waals surface area contributed by atoms with E-state index < -0.39 is 5.82 Å². The fourth-order valence-electron chi connectivity index (χ4n) is 1.46. The number of anilines is 2. The summed E-state index contributed by atoms with van der Waals surface area (Å²) < 4.78 is 14.8. The first kappa shape index (κ1) is 13.8. The second-order valence-corrected chi connectivity index (χ2v) is 4.58. The minimum atomic E-state index is -0.465. The molecule has 2 aromatic rings. The van der Waals surface area contributed by atoms with Crippen LogP contribution >= 0.6 is 23.8 Å². The zero-order valence-electron chi connectivity index (χ0n) is 10.2. The van der Waals surface area contributed by atoms with Gasteiger partial charge in [0.1, 0.15) is 5.82 Å². The minimum Gasteiger partial charge on any atom is -0.332 e. The second-order valence-electron chi connectivity index (χ2n) is 3.76. The van der Waals surface area contributed by atoms with Gasteiger partial charge in [0, 0.05) is 24.5 Å². The van der Waals surface area contributed by atoms with Gasteiger partial charge >= 0.3 is 0 Å². The number of hydrogen-bond acceptors (Lipinski definition) is 2. The summed E-state index contributed by atoms with van der Waals surface area (Å²) in [5, 5.41) is 10.5. The van der Waals surface area contributed by atoms with Crippen molar-refractivity contribution in [1.82, 2.24) is 9.78 Å². The molecule has 0 unspecified atom stereocenters. The largest absolute Gasteiger partial charge is 0.332 e. The highest BCUT2D eigenvalue weighted by atomic mass is 35.5. The van der Waals surface area contributed by atoms with E-state index in [4.69, 9.17) is 23.8 Å². The maximum absolute atomic E-state index is 13.0. The van der Waals surface area contributed by atoms with Crippen LogP contribution in [0.3, 0.4) is 0 Å². The average Bonchev–Trinajstić information content (AvgIpc) is 2.81. The van der Waals surface area contributed by atoms with Crippen LogP contribution in [0.25, 0.3) is 0 Å². The van der Waals surface area contributed by atoms with Gasteiger partial charge in [-0.3, -0.25) is 4.68 Å². The smallest absolute Gasteiger partial charge is 0.176 e.